The molecule has 0 aromatic heterocycles. The molecule has 3 fully saturated rings. The lowest BCUT2D eigenvalue weighted by Gasteiger charge is -2.37. The first-order chi connectivity index (χ1) is 16.9. The SMILES string of the molecule is C[C@@]12C=CCCOC(=O)[C@@H]1[C@H]1C(=O)N(CCCO)C3C(=O)N(CCN4CCOCC4)CC=C[C@@]31S2. The van der Waals surface area contributed by atoms with Crippen LogP contribution >= 0.6 is 11.8 Å². The number of nitrogens with zero attached hydrogens (tertiary/aromatic N) is 3. The number of hydrogen-bond acceptors (Lipinski definition) is 8. The van der Waals surface area contributed by atoms with Crippen LogP contribution in [-0.2, 0) is 23.9 Å². The van der Waals surface area contributed by atoms with E-state index in [0.29, 0.717) is 45.8 Å². The van der Waals surface area contributed by atoms with Crippen molar-refractivity contribution in [2.45, 2.75) is 35.3 Å². The standard InChI is InChI=1S/C25H35N3O6S/c1-24-6-2-3-15-34-23(32)19(24)18-21(30)28(9-5-14-29)20-22(31)27(8-4-7-25(18,20)35-24)11-10-26-12-16-33-17-13-26/h2,4,6-7,18-20,29H,3,5,8-17H2,1H3/t18-,19-,20?,24+,25-/m0/s1. The third-order valence-electron chi connectivity index (χ3n) is 7.95. The Hall–Kier alpha value is -1.88. The van der Waals surface area contributed by atoms with Crippen molar-refractivity contribution in [1.82, 2.24) is 14.7 Å². The summed E-state index contributed by atoms with van der Waals surface area (Å²) in [6, 6.07) is -0.716. The number of ether oxygens (including phenoxy) is 2. The molecule has 5 rings (SSSR count). The molecular formula is C25H35N3O6S. The molecule has 5 aliphatic rings. The van der Waals surface area contributed by atoms with Crippen molar-refractivity contribution in [3.63, 3.8) is 0 Å². The molecule has 5 atom stereocenters. The maximum absolute atomic E-state index is 14.1. The number of thioether (sulfide) groups is 1. The van der Waals surface area contributed by atoms with Crippen LogP contribution in [0.4, 0.5) is 0 Å². The number of carbonyl (C=O) groups is 3. The average Bonchev–Trinajstić information content (AvgIpc) is 3.16. The number of esters is 1. The van der Waals surface area contributed by atoms with Gasteiger partial charge in [-0.05, 0) is 19.8 Å². The minimum atomic E-state index is -0.857. The molecule has 0 saturated carbocycles. The third-order valence-corrected chi connectivity index (χ3v) is 9.75. The molecule has 10 heteroatoms. The fraction of sp³-hybridized carbons (Fsp3) is 0.720. The first-order valence-corrected chi connectivity index (χ1v) is 13.5. The lowest BCUT2D eigenvalue weighted by molar-refractivity contribution is -0.154. The molecule has 35 heavy (non-hydrogen) atoms. The van der Waals surface area contributed by atoms with E-state index in [9.17, 15) is 19.5 Å². The van der Waals surface area contributed by atoms with E-state index in [4.69, 9.17) is 9.47 Å². The fourth-order valence-electron chi connectivity index (χ4n) is 6.30. The van der Waals surface area contributed by atoms with E-state index < -0.39 is 27.4 Å². The quantitative estimate of drug-likeness (QED) is 0.406. The Morgan fingerprint density at radius 1 is 1.03 bits per heavy atom. The van der Waals surface area contributed by atoms with Gasteiger partial charge >= 0.3 is 5.97 Å². The van der Waals surface area contributed by atoms with Gasteiger partial charge in [0, 0.05) is 50.6 Å². The Labute approximate surface area is 210 Å². The minimum Gasteiger partial charge on any atom is -0.465 e. The van der Waals surface area contributed by atoms with Crippen LogP contribution in [0.3, 0.4) is 0 Å². The highest BCUT2D eigenvalue weighted by molar-refractivity contribution is 8.02. The molecule has 1 N–H and O–H groups in total. The smallest absolute Gasteiger partial charge is 0.311 e. The van der Waals surface area contributed by atoms with Gasteiger partial charge in [-0.25, -0.2) is 0 Å². The summed E-state index contributed by atoms with van der Waals surface area (Å²) >= 11 is 1.56. The third kappa shape index (κ3) is 4.22. The second-order valence-electron chi connectivity index (χ2n) is 10.1. The van der Waals surface area contributed by atoms with Crippen molar-refractivity contribution in [2.24, 2.45) is 11.8 Å². The molecule has 1 unspecified atom stereocenters. The van der Waals surface area contributed by atoms with E-state index in [0.717, 1.165) is 19.6 Å². The monoisotopic (exact) mass is 505 g/mol. The molecule has 0 aromatic carbocycles. The van der Waals surface area contributed by atoms with E-state index in [-0.39, 0.29) is 30.9 Å². The number of hydrogen-bond donors (Lipinski definition) is 1. The zero-order valence-electron chi connectivity index (χ0n) is 20.3. The summed E-state index contributed by atoms with van der Waals surface area (Å²) in [6.07, 6.45) is 9.09. The summed E-state index contributed by atoms with van der Waals surface area (Å²) in [5.74, 6) is -1.99. The number of rotatable bonds is 6. The fourth-order valence-corrected chi connectivity index (χ4v) is 8.46. The van der Waals surface area contributed by atoms with Crippen LogP contribution in [0, 0.1) is 11.8 Å². The van der Waals surface area contributed by atoms with Crippen molar-refractivity contribution in [2.75, 3.05) is 65.7 Å². The Bertz CT molecular complexity index is 921. The Morgan fingerprint density at radius 3 is 2.60 bits per heavy atom. The van der Waals surface area contributed by atoms with Gasteiger partial charge in [0.05, 0.1) is 36.4 Å². The van der Waals surface area contributed by atoms with Crippen molar-refractivity contribution in [3.8, 4) is 0 Å². The summed E-state index contributed by atoms with van der Waals surface area (Å²) in [5.41, 5.74) is 0. The number of morpholine rings is 1. The van der Waals surface area contributed by atoms with E-state index in [1.165, 1.54) is 0 Å². The van der Waals surface area contributed by atoms with Gasteiger partial charge in [-0.1, -0.05) is 24.3 Å². The van der Waals surface area contributed by atoms with Crippen LogP contribution in [0.1, 0.15) is 19.8 Å². The highest BCUT2D eigenvalue weighted by Gasteiger charge is 2.73. The molecule has 5 aliphatic heterocycles. The largest absolute Gasteiger partial charge is 0.465 e. The number of aliphatic hydroxyl groups is 1. The normalized spacial score (nSPS) is 37.4. The van der Waals surface area contributed by atoms with Crippen molar-refractivity contribution in [1.29, 1.82) is 0 Å². The maximum Gasteiger partial charge on any atom is 0.311 e. The topological polar surface area (TPSA) is 99.6 Å². The number of carbonyl (C=O) groups excluding carboxylic acids is 3. The molecule has 2 amide bonds. The van der Waals surface area contributed by atoms with Crippen molar-refractivity contribution in [3.05, 3.63) is 24.3 Å². The predicted molar refractivity (Wildman–Crippen MR) is 131 cm³/mol. The summed E-state index contributed by atoms with van der Waals surface area (Å²) < 4.78 is 9.48. The summed E-state index contributed by atoms with van der Waals surface area (Å²) in [6.45, 7) is 7.37. The Kier molecular flexibility index (Phi) is 7.00. The van der Waals surface area contributed by atoms with E-state index in [1.54, 1.807) is 16.7 Å². The van der Waals surface area contributed by atoms with Crippen molar-refractivity contribution < 1.29 is 29.0 Å². The van der Waals surface area contributed by atoms with Crippen LogP contribution < -0.4 is 0 Å². The first-order valence-electron chi connectivity index (χ1n) is 12.6. The Morgan fingerprint density at radius 2 is 1.83 bits per heavy atom. The van der Waals surface area contributed by atoms with Gasteiger partial charge < -0.3 is 24.4 Å². The highest BCUT2D eigenvalue weighted by Crippen LogP contribution is 2.65. The molecular weight excluding hydrogens is 470 g/mol. The summed E-state index contributed by atoms with van der Waals surface area (Å²) in [4.78, 5) is 47.0. The molecule has 0 aliphatic carbocycles. The van der Waals surface area contributed by atoms with E-state index in [2.05, 4.69) is 4.90 Å². The van der Waals surface area contributed by atoms with Gasteiger partial charge in [0.1, 0.15) is 6.04 Å². The van der Waals surface area contributed by atoms with Gasteiger partial charge in [0.25, 0.3) is 0 Å². The minimum absolute atomic E-state index is 0.0714. The zero-order chi connectivity index (χ0) is 24.6. The van der Waals surface area contributed by atoms with Gasteiger partial charge in [-0.3, -0.25) is 19.3 Å². The number of amides is 2. The molecule has 0 bridgehead atoms. The van der Waals surface area contributed by atoms with Crippen LogP contribution in [0.25, 0.3) is 0 Å². The average molecular weight is 506 g/mol. The van der Waals surface area contributed by atoms with Gasteiger partial charge in [0.15, 0.2) is 0 Å². The van der Waals surface area contributed by atoms with Crippen LogP contribution in [-0.4, -0.2) is 119 Å². The van der Waals surface area contributed by atoms with Gasteiger partial charge in [0.2, 0.25) is 11.8 Å². The lowest BCUT2D eigenvalue weighted by atomic mass is 9.74. The number of likely N-dealkylation sites (tertiary alicyclic amines) is 1. The number of cyclic esters (lactones) is 1. The molecule has 0 aromatic rings. The zero-order valence-corrected chi connectivity index (χ0v) is 21.1. The molecule has 9 nitrogen and oxygen atoms in total. The highest BCUT2D eigenvalue weighted by atomic mass is 32.2. The second-order valence-corrected chi connectivity index (χ2v) is 11.9. The van der Waals surface area contributed by atoms with Crippen molar-refractivity contribution >= 4 is 29.5 Å². The maximum atomic E-state index is 14.1. The van der Waals surface area contributed by atoms with Gasteiger partial charge in [-0.2, -0.15) is 0 Å². The first kappa shape index (κ1) is 24.8. The van der Waals surface area contributed by atoms with Gasteiger partial charge in [-0.15, -0.1) is 11.8 Å². The number of aliphatic hydroxyl groups excluding tert-OH is 1. The molecule has 5 heterocycles. The molecule has 3 saturated heterocycles. The van der Waals surface area contributed by atoms with Crippen LogP contribution in [0.15, 0.2) is 24.3 Å². The van der Waals surface area contributed by atoms with Crippen LogP contribution in [0.2, 0.25) is 0 Å². The van der Waals surface area contributed by atoms with E-state index in [1.807, 2.05) is 36.1 Å². The lowest BCUT2D eigenvalue weighted by Crippen LogP contribution is -2.54. The van der Waals surface area contributed by atoms with E-state index >= 15 is 0 Å². The molecule has 192 valence electrons. The predicted octanol–water partition coefficient (Wildman–Crippen LogP) is 0.290. The number of fused-ring (bicyclic) bond motifs is 2. The Balaban J connectivity index is 1.49. The van der Waals surface area contributed by atoms with Crippen LogP contribution in [0.5, 0.6) is 0 Å². The summed E-state index contributed by atoms with van der Waals surface area (Å²) in [5, 5.41) is 9.50. The molecule has 0 radical (unpaired) electrons. The summed E-state index contributed by atoms with van der Waals surface area (Å²) in [7, 11) is 0. The molecule has 1 spiro atoms. The second kappa shape index (κ2) is 9.88.